The number of hydrogen-bond acceptors (Lipinski definition) is 3. The molecule has 0 fully saturated rings. The van der Waals surface area contributed by atoms with E-state index in [-0.39, 0.29) is 5.91 Å². The van der Waals surface area contributed by atoms with Crippen molar-refractivity contribution in [3.05, 3.63) is 63.6 Å². The Labute approximate surface area is 169 Å². The molecule has 2 aromatic rings. The van der Waals surface area contributed by atoms with Crippen LogP contribution in [0.4, 0.5) is 0 Å². The second-order valence-corrected chi connectivity index (χ2v) is 7.74. The fourth-order valence-corrected chi connectivity index (χ4v) is 3.96. The number of halogens is 2. The molecule has 0 aromatic heterocycles. The van der Waals surface area contributed by atoms with Crippen molar-refractivity contribution >= 4 is 40.9 Å². The van der Waals surface area contributed by atoms with E-state index < -0.39 is 6.10 Å². The van der Waals surface area contributed by atoms with Crippen LogP contribution in [0.25, 0.3) is 0 Å². The van der Waals surface area contributed by atoms with Gasteiger partial charge in [0.05, 0.1) is 0 Å². The van der Waals surface area contributed by atoms with Crippen LogP contribution < -0.4 is 10.1 Å². The van der Waals surface area contributed by atoms with Gasteiger partial charge in [-0.1, -0.05) is 54.4 Å². The number of carbonyl (C=O) groups is 1. The van der Waals surface area contributed by atoms with Crippen molar-refractivity contribution in [1.29, 1.82) is 0 Å². The predicted molar refractivity (Wildman–Crippen MR) is 112 cm³/mol. The number of aryl methyl sites for hydroxylation is 1. The zero-order valence-corrected chi connectivity index (χ0v) is 17.3. The first-order chi connectivity index (χ1) is 12.5. The van der Waals surface area contributed by atoms with Gasteiger partial charge in [0.25, 0.3) is 5.91 Å². The lowest BCUT2D eigenvalue weighted by molar-refractivity contribution is -0.128. The van der Waals surface area contributed by atoms with Gasteiger partial charge in [-0.2, -0.15) is 11.8 Å². The van der Waals surface area contributed by atoms with Gasteiger partial charge in [-0.3, -0.25) is 4.79 Å². The highest BCUT2D eigenvalue weighted by Gasteiger charge is 2.18. The first kappa shape index (κ1) is 20.9. The zero-order valence-electron chi connectivity index (χ0n) is 14.9. The van der Waals surface area contributed by atoms with E-state index in [0.29, 0.717) is 28.8 Å². The number of rotatable bonds is 9. The number of ether oxygens (including phenoxy) is 1. The third-order valence-electron chi connectivity index (χ3n) is 3.88. The maximum atomic E-state index is 12.3. The summed E-state index contributed by atoms with van der Waals surface area (Å²) in [5.74, 6) is 2.14. The molecule has 0 aliphatic rings. The summed E-state index contributed by atoms with van der Waals surface area (Å²) < 4.78 is 5.86. The molecule has 6 heteroatoms. The summed E-state index contributed by atoms with van der Waals surface area (Å²) in [4.78, 5) is 12.3. The third kappa shape index (κ3) is 6.11. The van der Waals surface area contributed by atoms with Crippen LogP contribution in [0, 0.1) is 6.92 Å². The van der Waals surface area contributed by atoms with Crippen LogP contribution in [0.15, 0.2) is 42.5 Å². The average Bonchev–Trinajstić information content (AvgIpc) is 2.62. The number of carbonyl (C=O) groups excluding carboxylic acids is 1. The van der Waals surface area contributed by atoms with E-state index in [1.807, 2.05) is 56.3 Å². The highest BCUT2D eigenvalue weighted by molar-refractivity contribution is 7.98. The molecule has 0 heterocycles. The van der Waals surface area contributed by atoms with Crippen molar-refractivity contribution in [2.75, 3.05) is 12.3 Å². The molecule has 0 spiro atoms. The van der Waals surface area contributed by atoms with Crippen LogP contribution in [0.5, 0.6) is 5.75 Å². The highest BCUT2D eigenvalue weighted by Crippen LogP contribution is 2.28. The quantitative estimate of drug-likeness (QED) is 0.552. The molecule has 0 unspecified atom stereocenters. The molecule has 1 N–H and O–H groups in total. The second kappa shape index (κ2) is 10.7. The number of hydrogen-bond donors (Lipinski definition) is 1. The molecule has 0 saturated heterocycles. The largest absolute Gasteiger partial charge is 0.480 e. The molecule has 2 rings (SSSR count). The minimum absolute atomic E-state index is 0.0906. The maximum absolute atomic E-state index is 12.3. The summed E-state index contributed by atoms with van der Waals surface area (Å²) in [5, 5.41) is 4.28. The molecule has 1 amide bonds. The van der Waals surface area contributed by atoms with Crippen LogP contribution in [-0.2, 0) is 10.5 Å². The monoisotopic (exact) mass is 411 g/mol. The molecular weight excluding hydrogens is 389 g/mol. The predicted octanol–water partition coefficient (Wildman–Crippen LogP) is 5.51. The van der Waals surface area contributed by atoms with E-state index in [4.69, 9.17) is 27.9 Å². The standard InChI is InChI=1S/C20H23Cl2NO2S/c1-3-18(25-19-10-5-4-7-14(19)2)20(24)23-11-12-26-13-15-16(21)8-6-9-17(15)22/h4-10,18H,3,11-13H2,1-2H3,(H,23,24)/t18-/m1/s1. The summed E-state index contributed by atoms with van der Waals surface area (Å²) in [6.45, 7) is 4.48. The Hall–Kier alpha value is -1.36. The van der Waals surface area contributed by atoms with Crippen molar-refractivity contribution in [2.24, 2.45) is 0 Å². The molecule has 0 aliphatic carbocycles. The number of thioether (sulfide) groups is 1. The number of nitrogens with one attached hydrogen (secondary N) is 1. The molecule has 1 atom stereocenters. The third-order valence-corrected chi connectivity index (χ3v) is 5.57. The van der Waals surface area contributed by atoms with Crippen LogP contribution in [0.2, 0.25) is 10.0 Å². The van der Waals surface area contributed by atoms with Gasteiger partial charge in [-0.25, -0.2) is 0 Å². The number of para-hydroxylation sites is 1. The van der Waals surface area contributed by atoms with Crippen LogP contribution in [0.1, 0.15) is 24.5 Å². The Morgan fingerprint density at radius 3 is 2.50 bits per heavy atom. The Morgan fingerprint density at radius 1 is 1.15 bits per heavy atom. The van der Waals surface area contributed by atoms with Crippen molar-refractivity contribution < 1.29 is 9.53 Å². The maximum Gasteiger partial charge on any atom is 0.261 e. The van der Waals surface area contributed by atoms with Gasteiger partial charge in [0.2, 0.25) is 0 Å². The van der Waals surface area contributed by atoms with E-state index in [1.165, 1.54) is 0 Å². The Balaban J connectivity index is 1.76. The fourth-order valence-electron chi connectivity index (χ4n) is 2.37. The normalized spacial score (nSPS) is 11.8. The lowest BCUT2D eigenvalue weighted by Gasteiger charge is -2.18. The molecule has 140 valence electrons. The summed E-state index contributed by atoms with van der Waals surface area (Å²) in [6, 6.07) is 13.2. The van der Waals surface area contributed by atoms with Gasteiger partial charge < -0.3 is 10.1 Å². The van der Waals surface area contributed by atoms with Crippen molar-refractivity contribution in [3.8, 4) is 5.75 Å². The van der Waals surface area contributed by atoms with Crippen molar-refractivity contribution in [3.63, 3.8) is 0 Å². The lowest BCUT2D eigenvalue weighted by Crippen LogP contribution is -2.39. The lowest BCUT2D eigenvalue weighted by atomic mass is 10.2. The van der Waals surface area contributed by atoms with E-state index >= 15 is 0 Å². The van der Waals surface area contributed by atoms with Gasteiger partial charge >= 0.3 is 0 Å². The smallest absolute Gasteiger partial charge is 0.261 e. The van der Waals surface area contributed by atoms with E-state index in [0.717, 1.165) is 22.6 Å². The Morgan fingerprint density at radius 2 is 1.85 bits per heavy atom. The van der Waals surface area contributed by atoms with Crippen LogP contribution in [0.3, 0.4) is 0 Å². The van der Waals surface area contributed by atoms with Crippen molar-refractivity contribution in [1.82, 2.24) is 5.32 Å². The topological polar surface area (TPSA) is 38.3 Å². The SMILES string of the molecule is CC[C@@H](Oc1ccccc1C)C(=O)NCCSCc1c(Cl)cccc1Cl. The second-order valence-electron chi connectivity index (χ2n) is 5.82. The molecule has 0 bridgehead atoms. The average molecular weight is 412 g/mol. The molecule has 0 radical (unpaired) electrons. The summed E-state index contributed by atoms with van der Waals surface area (Å²) in [7, 11) is 0. The summed E-state index contributed by atoms with van der Waals surface area (Å²) in [6.07, 6.45) is 0.127. The number of benzene rings is 2. The van der Waals surface area contributed by atoms with Gasteiger partial charge in [0.1, 0.15) is 5.75 Å². The highest BCUT2D eigenvalue weighted by atomic mass is 35.5. The molecule has 26 heavy (non-hydrogen) atoms. The van der Waals surface area contributed by atoms with Crippen LogP contribution >= 0.6 is 35.0 Å². The first-order valence-electron chi connectivity index (χ1n) is 8.53. The van der Waals surface area contributed by atoms with Gasteiger partial charge in [-0.05, 0) is 42.7 Å². The Bertz CT molecular complexity index is 719. The molecule has 0 aliphatic heterocycles. The molecule has 0 saturated carbocycles. The molecular formula is C20H23Cl2NO2S. The van der Waals surface area contributed by atoms with Crippen LogP contribution in [-0.4, -0.2) is 24.3 Å². The summed E-state index contributed by atoms with van der Waals surface area (Å²) >= 11 is 14.0. The van der Waals surface area contributed by atoms with Gasteiger partial charge in [0.15, 0.2) is 6.10 Å². The zero-order chi connectivity index (χ0) is 18.9. The summed E-state index contributed by atoms with van der Waals surface area (Å²) in [5.41, 5.74) is 1.95. The minimum atomic E-state index is -0.487. The van der Waals surface area contributed by atoms with E-state index in [1.54, 1.807) is 11.8 Å². The Kier molecular flexibility index (Phi) is 8.63. The minimum Gasteiger partial charge on any atom is -0.480 e. The fraction of sp³-hybridized carbons (Fsp3) is 0.350. The van der Waals surface area contributed by atoms with Crippen molar-refractivity contribution in [2.45, 2.75) is 32.1 Å². The van der Waals surface area contributed by atoms with Gasteiger partial charge in [0, 0.05) is 28.1 Å². The number of amides is 1. The first-order valence-corrected chi connectivity index (χ1v) is 10.4. The van der Waals surface area contributed by atoms with E-state index in [9.17, 15) is 4.79 Å². The molecule has 2 aromatic carbocycles. The van der Waals surface area contributed by atoms with E-state index in [2.05, 4.69) is 5.32 Å². The van der Waals surface area contributed by atoms with Gasteiger partial charge in [-0.15, -0.1) is 0 Å². The molecule has 3 nitrogen and oxygen atoms in total.